The first-order valence-electron chi connectivity index (χ1n) is 5.24. The molecule has 2 heterocycles. The third-order valence-corrected chi connectivity index (χ3v) is 2.84. The number of imidazole rings is 1. The molecule has 86 valence electrons. The molecule has 0 atom stereocenters. The molecule has 17 heavy (non-hydrogen) atoms. The van der Waals surface area contributed by atoms with Crippen LogP contribution in [0.1, 0.15) is 11.4 Å². The van der Waals surface area contributed by atoms with Crippen LogP contribution >= 0.6 is 11.6 Å². The van der Waals surface area contributed by atoms with Gasteiger partial charge >= 0.3 is 0 Å². The first-order valence-corrected chi connectivity index (χ1v) is 5.62. The number of nitrogens with zero attached hydrogens (tertiary/aromatic N) is 3. The van der Waals surface area contributed by atoms with E-state index in [2.05, 4.69) is 10.1 Å². The maximum Gasteiger partial charge on any atom is 0.167 e. The molecule has 0 saturated heterocycles. The highest BCUT2D eigenvalue weighted by Crippen LogP contribution is 2.23. The monoisotopic (exact) mass is 247 g/mol. The van der Waals surface area contributed by atoms with Gasteiger partial charge < -0.3 is 9.09 Å². The Kier molecular flexibility index (Phi) is 2.37. The fraction of sp³-hybridized carbons (Fsp3) is 0.167. The van der Waals surface area contributed by atoms with Gasteiger partial charge in [-0.15, -0.1) is 0 Å². The molecule has 0 fully saturated rings. The Bertz CT molecular complexity index is 671. The molecule has 1 aromatic carbocycles. The number of halogens is 1. The summed E-state index contributed by atoms with van der Waals surface area (Å²) >= 11 is 5.97. The average molecular weight is 248 g/mol. The molecule has 2 aromatic heterocycles. The molecular formula is C12H10ClN3O. The topological polar surface area (TPSA) is 43.9 Å². The fourth-order valence-corrected chi connectivity index (χ4v) is 1.98. The van der Waals surface area contributed by atoms with Crippen molar-refractivity contribution in [2.75, 3.05) is 0 Å². The Morgan fingerprint density at radius 2 is 2.29 bits per heavy atom. The highest BCUT2D eigenvalue weighted by molar-refractivity contribution is 6.31. The molecule has 0 unspecified atom stereocenters. The summed E-state index contributed by atoms with van der Waals surface area (Å²) in [6.45, 7) is 2.59. The minimum atomic E-state index is 0.633. The number of aryl methyl sites for hydroxylation is 1. The second-order valence-electron chi connectivity index (χ2n) is 3.96. The first kappa shape index (κ1) is 10.4. The molecular weight excluding hydrogens is 238 g/mol. The Morgan fingerprint density at radius 1 is 1.41 bits per heavy atom. The zero-order valence-corrected chi connectivity index (χ0v) is 9.98. The van der Waals surface area contributed by atoms with Crippen LogP contribution in [0.25, 0.3) is 11.0 Å². The lowest BCUT2D eigenvalue weighted by molar-refractivity contribution is 0.443. The second-order valence-corrected chi connectivity index (χ2v) is 4.39. The third kappa shape index (κ3) is 1.91. The van der Waals surface area contributed by atoms with Gasteiger partial charge in [-0.25, -0.2) is 4.98 Å². The lowest BCUT2D eigenvalue weighted by Crippen LogP contribution is -1.96. The Balaban J connectivity index is 2.03. The zero-order valence-electron chi connectivity index (χ0n) is 9.22. The molecule has 0 aliphatic rings. The van der Waals surface area contributed by atoms with Crippen LogP contribution in [0.15, 0.2) is 35.2 Å². The summed E-state index contributed by atoms with van der Waals surface area (Å²) in [6, 6.07) is 5.49. The predicted octanol–water partition coefficient (Wildman–Crippen LogP) is 3.03. The highest BCUT2D eigenvalue weighted by atomic mass is 35.5. The van der Waals surface area contributed by atoms with Crippen LogP contribution in [0.4, 0.5) is 0 Å². The molecule has 0 spiro atoms. The maximum atomic E-state index is 5.97. The van der Waals surface area contributed by atoms with Gasteiger partial charge in [0.1, 0.15) is 5.69 Å². The average Bonchev–Trinajstić information content (AvgIpc) is 2.87. The van der Waals surface area contributed by atoms with Gasteiger partial charge in [-0.1, -0.05) is 16.8 Å². The molecule has 0 bridgehead atoms. The Labute approximate surface area is 103 Å². The first-order chi connectivity index (χ1) is 8.22. The number of hydrogen-bond donors (Lipinski definition) is 0. The number of aromatic nitrogens is 3. The molecule has 0 aliphatic carbocycles. The molecule has 3 rings (SSSR count). The van der Waals surface area contributed by atoms with Crippen molar-refractivity contribution in [1.29, 1.82) is 0 Å². The van der Waals surface area contributed by atoms with Crippen molar-refractivity contribution in [3.63, 3.8) is 0 Å². The van der Waals surface area contributed by atoms with Crippen LogP contribution in [-0.4, -0.2) is 14.7 Å². The van der Waals surface area contributed by atoms with E-state index in [0.29, 0.717) is 11.6 Å². The van der Waals surface area contributed by atoms with Crippen LogP contribution in [0, 0.1) is 6.92 Å². The van der Waals surface area contributed by atoms with E-state index in [1.807, 2.05) is 29.8 Å². The minimum Gasteiger partial charge on any atom is -0.356 e. The second kappa shape index (κ2) is 3.89. The smallest absolute Gasteiger partial charge is 0.167 e. The molecule has 3 aromatic rings. The van der Waals surface area contributed by atoms with Crippen molar-refractivity contribution < 1.29 is 4.52 Å². The van der Waals surface area contributed by atoms with E-state index >= 15 is 0 Å². The van der Waals surface area contributed by atoms with Crippen LogP contribution in [0.3, 0.4) is 0 Å². The maximum absolute atomic E-state index is 5.97. The SMILES string of the molecule is Cc1cn(Cc2noc3ccc(Cl)cc23)cn1. The zero-order chi connectivity index (χ0) is 11.8. The van der Waals surface area contributed by atoms with Crippen LogP contribution in [0.5, 0.6) is 0 Å². The van der Waals surface area contributed by atoms with Crippen molar-refractivity contribution in [2.45, 2.75) is 13.5 Å². The normalized spacial score (nSPS) is 11.2. The van der Waals surface area contributed by atoms with E-state index in [1.54, 1.807) is 12.4 Å². The van der Waals surface area contributed by atoms with Gasteiger partial charge in [-0.3, -0.25) is 0 Å². The Hall–Kier alpha value is -1.81. The summed E-state index contributed by atoms with van der Waals surface area (Å²) in [7, 11) is 0. The molecule has 0 amide bonds. The summed E-state index contributed by atoms with van der Waals surface area (Å²) in [5.74, 6) is 0. The molecule has 0 radical (unpaired) electrons. The van der Waals surface area contributed by atoms with Crippen LogP contribution in [0.2, 0.25) is 5.02 Å². The fourth-order valence-electron chi connectivity index (χ4n) is 1.81. The number of hydrogen-bond acceptors (Lipinski definition) is 3. The quantitative estimate of drug-likeness (QED) is 0.699. The Morgan fingerprint density at radius 3 is 3.06 bits per heavy atom. The van der Waals surface area contributed by atoms with Gasteiger partial charge in [0.05, 0.1) is 18.6 Å². The van der Waals surface area contributed by atoms with Crippen molar-refractivity contribution in [1.82, 2.24) is 14.7 Å². The van der Waals surface area contributed by atoms with E-state index in [9.17, 15) is 0 Å². The molecule has 0 aliphatic heterocycles. The minimum absolute atomic E-state index is 0.633. The van der Waals surface area contributed by atoms with Gasteiger partial charge in [0.2, 0.25) is 0 Å². The van der Waals surface area contributed by atoms with Gasteiger partial charge in [0, 0.05) is 16.6 Å². The van der Waals surface area contributed by atoms with E-state index < -0.39 is 0 Å². The lowest BCUT2D eigenvalue weighted by atomic mass is 10.2. The molecule has 5 heteroatoms. The number of fused-ring (bicyclic) bond motifs is 1. The van der Waals surface area contributed by atoms with Gasteiger partial charge in [-0.2, -0.15) is 0 Å². The van der Waals surface area contributed by atoms with Gasteiger partial charge in [-0.05, 0) is 25.1 Å². The van der Waals surface area contributed by atoms with Crippen molar-refractivity contribution in [2.24, 2.45) is 0 Å². The molecule has 0 saturated carbocycles. The van der Waals surface area contributed by atoms with Crippen molar-refractivity contribution in [3.8, 4) is 0 Å². The van der Waals surface area contributed by atoms with Gasteiger partial charge in [0.25, 0.3) is 0 Å². The number of rotatable bonds is 2. The van der Waals surface area contributed by atoms with E-state index in [-0.39, 0.29) is 0 Å². The van der Waals surface area contributed by atoms with Gasteiger partial charge in [0.15, 0.2) is 5.58 Å². The van der Waals surface area contributed by atoms with E-state index in [4.69, 9.17) is 16.1 Å². The summed E-state index contributed by atoms with van der Waals surface area (Å²) in [4.78, 5) is 4.17. The van der Waals surface area contributed by atoms with Crippen molar-refractivity contribution >= 4 is 22.6 Å². The van der Waals surface area contributed by atoms with Crippen LogP contribution in [-0.2, 0) is 6.54 Å². The van der Waals surface area contributed by atoms with E-state index in [1.165, 1.54) is 0 Å². The highest BCUT2D eigenvalue weighted by Gasteiger charge is 2.09. The largest absolute Gasteiger partial charge is 0.356 e. The third-order valence-electron chi connectivity index (χ3n) is 2.60. The summed E-state index contributed by atoms with van der Waals surface area (Å²) in [5, 5.41) is 5.69. The summed E-state index contributed by atoms with van der Waals surface area (Å²) in [5.41, 5.74) is 2.59. The predicted molar refractivity (Wildman–Crippen MR) is 65.1 cm³/mol. The van der Waals surface area contributed by atoms with Crippen LogP contribution < -0.4 is 0 Å². The van der Waals surface area contributed by atoms with Crippen molar-refractivity contribution in [3.05, 3.63) is 47.1 Å². The molecule has 4 nitrogen and oxygen atoms in total. The van der Waals surface area contributed by atoms with E-state index in [0.717, 1.165) is 22.4 Å². The summed E-state index contributed by atoms with van der Waals surface area (Å²) in [6.07, 6.45) is 3.74. The lowest BCUT2D eigenvalue weighted by Gasteiger charge is -1.97. The standard InChI is InChI=1S/C12H10ClN3O/c1-8-5-16(7-14-8)6-11-10-4-9(13)2-3-12(10)17-15-11/h2-5,7H,6H2,1H3. The number of benzene rings is 1. The summed E-state index contributed by atoms with van der Waals surface area (Å²) < 4.78 is 7.21. The molecule has 0 N–H and O–H groups in total.